The van der Waals surface area contributed by atoms with Gasteiger partial charge < -0.3 is 10.0 Å². The van der Waals surface area contributed by atoms with Gasteiger partial charge in [0, 0.05) is 24.7 Å². The lowest BCUT2D eigenvalue weighted by Crippen LogP contribution is -2.52. The van der Waals surface area contributed by atoms with Crippen molar-refractivity contribution in [2.24, 2.45) is 5.92 Å². The summed E-state index contributed by atoms with van der Waals surface area (Å²) in [6, 6.07) is 5.04. The summed E-state index contributed by atoms with van der Waals surface area (Å²) < 4.78 is 25.8. The number of aromatic nitrogens is 2. The van der Waals surface area contributed by atoms with E-state index < -0.39 is 15.9 Å². The topological polar surface area (TPSA) is 113 Å². The first-order valence-electron chi connectivity index (χ1n) is 11.9. The van der Waals surface area contributed by atoms with Crippen molar-refractivity contribution in [1.29, 1.82) is 0 Å². The average molecular weight is 487 g/mol. The van der Waals surface area contributed by atoms with Crippen molar-refractivity contribution >= 4 is 33.2 Å². The molecule has 1 aliphatic carbocycles. The number of benzene rings is 1. The molecule has 0 unspecified atom stereocenters. The third kappa shape index (κ3) is 4.31. The van der Waals surface area contributed by atoms with Crippen LogP contribution >= 0.6 is 0 Å². The Labute approximate surface area is 199 Å². The highest BCUT2D eigenvalue weighted by molar-refractivity contribution is 7.91. The van der Waals surface area contributed by atoms with E-state index >= 15 is 0 Å². The van der Waals surface area contributed by atoms with Gasteiger partial charge >= 0.3 is 6.09 Å². The second-order valence-corrected chi connectivity index (χ2v) is 12.1. The van der Waals surface area contributed by atoms with E-state index in [9.17, 15) is 23.1 Å². The molecule has 10 heteroatoms. The molecule has 0 spiro atoms. The van der Waals surface area contributed by atoms with Gasteiger partial charge in [-0.05, 0) is 56.2 Å². The number of anilines is 2. The van der Waals surface area contributed by atoms with Crippen molar-refractivity contribution in [3.8, 4) is 11.1 Å². The Hall–Kier alpha value is -2.88. The van der Waals surface area contributed by atoms with Crippen LogP contribution in [0, 0.1) is 5.92 Å². The summed E-state index contributed by atoms with van der Waals surface area (Å²) >= 11 is 0. The fourth-order valence-electron chi connectivity index (χ4n) is 5.30. The fourth-order valence-corrected chi connectivity index (χ4v) is 6.98. The first-order valence-corrected chi connectivity index (χ1v) is 13.8. The first kappa shape index (κ1) is 22.9. The molecule has 3 aliphatic rings. The van der Waals surface area contributed by atoms with Gasteiger partial charge in [0.1, 0.15) is 0 Å². The molecule has 0 radical (unpaired) electrons. The number of hydrogen-bond acceptors (Lipinski definition) is 5. The molecule has 1 saturated heterocycles. The maximum atomic E-state index is 13.1. The van der Waals surface area contributed by atoms with Crippen LogP contribution in [0.3, 0.4) is 0 Å². The van der Waals surface area contributed by atoms with E-state index in [0.717, 1.165) is 30.4 Å². The molecule has 1 saturated carbocycles. The van der Waals surface area contributed by atoms with Gasteiger partial charge in [-0.2, -0.15) is 5.10 Å². The Morgan fingerprint density at radius 2 is 1.91 bits per heavy atom. The lowest BCUT2D eigenvalue weighted by Gasteiger charge is -2.41. The van der Waals surface area contributed by atoms with Crippen LogP contribution < -0.4 is 9.80 Å². The summed E-state index contributed by atoms with van der Waals surface area (Å²) in [6.45, 7) is 2.09. The lowest BCUT2D eigenvalue weighted by molar-refractivity contribution is -0.120. The molecule has 182 valence electrons. The van der Waals surface area contributed by atoms with Crippen LogP contribution in [0.1, 0.15) is 51.5 Å². The number of amides is 2. The summed E-state index contributed by atoms with van der Waals surface area (Å²) in [5.74, 6) is 0.778. The fraction of sp³-hybridized carbons (Fsp3) is 0.542. The molecule has 0 bridgehead atoms. The molecule has 2 amide bonds. The van der Waals surface area contributed by atoms with Gasteiger partial charge in [-0.3, -0.25) is 14.4 Å². The van der Waals surface area contributed by atoms with E-state index in [4.69, 9.17) is 0 Å². The maximum absolute atomic E-state index is 13.1. The minimum Gasteiger partial charge on any atom is -0.465 e. The molecular weight excluding hydrogens is 456 g/mol. The highest BCUT2D eigenvalue weighted by atomic mass is 32.2. The molecule has 2 aliphatic heterocycles. The monoisotopic (exact) mass is 486 g/mol. The van der Waals surface area contributed by atoms with Gasteiger partial charge in [0.05, 0.1) is 41.2 Å². The number of carboxylic acid groups (broad SMARTS) is 1. The predicted molar refractivity (Wildman–Crippen MR) is 129 cm³/mol. The molecular formula is C24H30N4O5S. The van der Waals surface area contributed by atoms with E-state index in [-0.39, 0.29) is 36.0 Å². The quantitative estimate of drug-likeness (QED) is 0.705. The van der Waals surface area contributed by atoms with Crippen molar-refractivity contribution < 1.29 is 23.1 Å². The zero-order valence-electron chi connectivity index (χ0n) is 19.3. The van der Waals surface area contributed by atoms with Crippen LogP contribution in [-0.4, -0.2) is 59.4 Å². The number of rotatable bonds is 4. The van der Waals surface area contributed by atoms with Crippen molar-refractivity contribution in [3.05, 3.63) is 30.6 Å². The van der Waals surface area contributed by atoms with Crippen LogP contribution in [0.4, 0.5) is 16.2 Å². The van der Waals surface area contributed by atoms with Crippen LogP contribution in [0.15, 0.2) is 30.6 Å². The zero-order valence-corrected chi connectivity index (χ0v) is 20.1. The number of nitrogens with zero attached hydrogens (tertiary/aromatic N) is 4. The van der Waals surface area contributed by atoms with Gasteiger partial charge in [0.15, 0.2) is 9.84 Å². The summed E-state index contributed by atoms with van der Waals surface area (Å²) in [5.41, 5.74) is 2.65. The largest absolute Gasteiger partial charge is 0.465 e. The number of fused-ring (bicyclic) bond motifs is 1. The van der Waals surface area contributed by atoms with Crippen LogP contribution in [-0.2, 0) is 14.6 Å². The van der Waals surface area contributed by atoms with Gasteiger partial charge in [-0.25, -0.2) is 13.2 Å². The smallest absolute Gasteiger partial charge is 0.411 e. The Balaban J connectivity index is 1.46. The summed E-state index contributed by atoms with van der Waals surface area (Å²) in [7, 11) is -3.06. The highest BCUT2D eigenvalue weighted by Gasteiger charge is 2.36. The van der Waals surface area contributed by atoms with Crippen molar-refractivity contribution in [3.63, 3.8) is 0 Å². The SMILES string of the molecule is C[C@H]1CN(C(=O)O)c2cc(-c3cnn([C@H]4CCCS(=O)(=O)C4)c3)ccc2N1C(=O)CC1CCC1. The molecule has 1 aromatic heterocycles. The number of carbonyl (C=O) groups is 2. The van der Waals surface area contributed by atoms with Gasteiger partial charge in [-0.1, -0.05) is 12.5 Å². The first-order chi connectivity index (χ1) is 16.2. The standard InChI is InChI=1S/C24H30N4O5S/c1-16-13-26(24(30)31)22-11-18(7-8-21(22)28(16)23(29)10-17-4-2-5-17)19-12-25-27(14-19)20-6-3-9-34(32,33)15-20/h7-8,11-12,14,16-17,20H,2-6,9-10,13,15H2,1H3,(H,30,31)/t16-,20-/m0/s1. The Morgan fingerprint density at radius 1 is 1.12 bits per heavy atom. The maximum Gasteiger partial charge on any atom is 0.411 e. The minimum absolute atomic E-state index is 0.0440. The zero-order chi connectivity index (χ0) is 24.0. The van der Waals surface area contributed by atoms with E-state index in [0.29, 0.717) is 30.1 Å². The van der Waals surface area contributed by atoms with Crippen molar-refractivity contribution in [1.82, 2.24) is 9.78 Å². The Morgan fingerprint density at radius 3 is 2.59 bits per heavy atom. The molecule has 3 heterocycles. The third-order valence-electron chi connectivity index (χ3n) is 7.35. The molecule has 2 fully saturated rings. The second kappa shape index (κ2) is 8.72. The Bertz CT molecular complexity index is 1220. The minimum atomic E-state index is -3.06. The highest BCUT2D eigenvalue weighted by Crippen LogP contribution is 2.40. The van der Waals surface area contributed by atoms with Crippen LogP contribution in [0.5, 0.6) is 0 Å². The molecule has 2 aromatic rings. The number of hydrogen-bond donors (Lipinski definition) is 1. The van der Waals surface area contributed by atoms with Gasteiger partial charge in [0.2, 0.25) is 5.91 Å². The third-order valence-corrected chi connectivity index (χ3v) is 9.15. The summed E-state index contributed by atoms with van der Waals surface area (Å²) in [5, 5.41) is 14.3. The molecule has 2 atom stereocenters. The summed E-state index contributed by atoms with van der Waals surface area (Å²) in [6.07, 6.45) is 7.64. The second-order valence-electron chi connectivity index (χ2n) is 9.83. The van der Waals surface area contributed by atoms with Crippen molar-refractivity contribution in [2.75, 3.05) is 27.9 Å². The van der Waals surface area contributed by atoms with Crippen molar-refractivity contribution in [2.45, 2.75) is 57.5 Å². The number of sulfone groups is 1. The molecule has 1 N–H and O–H groups in total. The van der Waals surface area contributed by atoms with E-state index in [1.165, 1.54) is 11.3 Å². The van der Waals surface area contributed by atoms with E-state index in [1.807, 2.05) is 25.3 Å². The van der Waals surface area contributed by atoms with Crippen LogP contribution in [0.25, 0.3) is 11.1 Å². The average Bonchev–Trinajstić information content (AvgIpc) is 3.25. The molecule has 5 rings (SSSR count). The molecule has 1 aromatic carbocycles. The van der Waals surface area contributed by atoms with Crippen LogP contribution in [0.2, 0.25) is 0 Å². The normalized spacial score (nSPS) is 24.4. The van der Waals surface area contributed by atoms with E-state index in [1.54, 1.807) is 21.8 Å². The number of carbonyl (C=O) groups excluding carboxylic acids is 1. The molecule has 9 nitrogen and oxygen atoms in total. The van der Waals surface area contributed by atoms with Gasteiger partial charge in [-0.15, -0.1) is 0 Å². The van der Waals surface area contributed by atoms with E-state index in [2.05, 4.69) is 5.10 Å². The van der Waals surface area contributed by atoms with Gasteiger partial charge in [0.25, 0.3) is 0 Å². The lowest BCUT2D eigenvalue weighted by atomic mass is 9.82. The predicted octanol–water partition coefficient (Wildman–Crippen LogP) is 3.71. The molecule has 34 heavy (non-hydrogen) atoms. The Kier molecular flexibility index (Phi) is 5.87. The summed E-state index contributed by atoms with van der Waals surface area (Å²) in [4.78, 5) is 28.2.